The molecule has 0 aliphatic heterocycles. The summed E-state index contributed by atoms with van der Waals surface area (Å²) in [6.07, 6.45) is 1.44. The number of ether oxygens (including phenoxy) is 2. The molecular weight excluding hydrogens is 386 g/mol. The zero-order chi connectivity index (χ0) is 20.9. The minimum absolute atomic E-state index is 0.217. The molecule has 8 heteroatoms. The van der Waals surface area contributed by atoms with E-state index in [2.05, 4.69) is 15.5 Å². The third-order valence-corrected chi connectivity index (χ3v) is 4.31. The molecule has 0 aliphatic rings. The fraction of sp³-hybridized carbons (Fsp3) is 0.136. The van der Waals surface area contributed by atoms with E-state index in [4.69, 9.17) is 18.4 Å². The Balaban J connectivity index is 1.40. The Morgan fingerprint density at radius 2 is 1.67 bits per heavy atom. The summed E-state index contributed by atoms with van der Waals surface area (Å²) < 4.78 is 21.3. The third-order valence-electron chi connectivity index (χ3n) is 4.31. The van der Waals surface area contributed by atoms with Gasteiger partial charge in [0.1, 0.15) is 23.3 Å². The summed E-state index contributed by atoms with van der Waals surface area (Å²) in [5.74, 6) is 2.71. The zero-order valence-electron chi connectivity index (χ0n) is 16.4. The zero-order valence-corrected chi connectivity index (χ0v) is 16.4. The number of rotatable bonds is 7. The number of furan rings is 1. The summed E-state index contributed by atoms with van der Waals surface area (Å²) in [5.41, 5.74) is 0.761. The second-order valence-electron chi connectivity index (χ2n) is 6.43. The van der Waals surface area contributed by atoms with Gasteiger partial charge in [0.2, 0.25) is 11.7 Å². The summed E-state index contributed by atoms with van der Waals surface area (Å²) in [4.78, 5) is 16.4. The number of methoxy groups -OCH3 is 1. The topological polar surface area (TPSA) is 99.6 Å². The molecule has 2 aromatic heterocycles. The second-order valence-corrected chi connectivity index (χ2v) is 6.43. The predicted octanol–water partition coefficient (Wildman–Crippen LogP) is 4.62. The van der Waals surface area contributed by atoms with Crippen molar-refractivity contribution in [2.24, 2.45) is 0 Å². The first kappa shape index (κ1) is 19.3. The van der Waals surface area contributed by atoms with Crippen LogP contribution in [0.1, 0.15) is 29.4 Å². The van der Waals surface area contributed by atoms with E-state index in [1.54, 1.807) is 26.2 Å². The highest BCUT2D eigenvalue weighted by molar-refractivity contribution is 5.91. The molecule has 0 saturated heterocycles. The number of carbonyl (C=O) groups excluding carboxylic acids is 1. The average Bonchev–Trinajstić information content (AvgIpc) is 3.47. The molecule has 0 spiro atoms. The maximum Gasteiger partial charge on any atom is 0.287 e. The minimum atomic E-state index is -0.471. The Hall–Kier alpha value is -4.07. The maximum atomic E-state index is 12.1. The molecule has 8 nitrogen and oxygen atoms in total. The van der Waals surface area contributed by atoms with Crippen LogP contribution in [-0.2, 0) is 0 Å². The molecule has 0 radical (unpaired) electrons. The Morgan fingerprint density at radius 3 is 2.30 bits per heavy atom. The van der Waals surface area contributed by atoms with Gasteiger partial charge in [-0.3, -0.25) is 4.79 Å². The van der Waals surface area contributed by atoms with Crippen molar-refractivity contribution in [3.8, 4) is 28.6 Å². The first-order valence-corrected chi connectivity index (χ1v) is 9.22. The second kappa shape index (κ2) is 8.52. The molecule has 0 fully saturated rings. The van der Waals surface area contributed by atoms with Gasteiger partial charge in [0.05, 0.1) is 13.4 Å². The van der Waals surface area contributed by atoms with Gasteiger partial charge in [-0.05, 0) is 67.6 Å². The third kappa shape index (κ3) is 4.33. The molecule has 0 aliphatic carbocycles. The highest BCUT2D eigenvalue weighted by Gasteiger charge is 2.19. The van der Waals surface area contributed by atoms with Crippen LogP contribution in [0.5, 0.6) is 17.2 Å². The van der Waals surface area contributed by atoms with Gasteiger partial charge in [-0.2, -0.15) is 4.98 Å². The fourth-order valence-corrected chi connectivity index (χ4v) is 2.72. The average molecular weight is 405 g/mol. The van der Waals surface area contributed by atoms with Gasteiger partial charge in [0.25, 0.3) is 5.91 Å². The van der Waals surface area contributed by atoms with E-state index in [0.717, 1.165) is 11.3 Å². The lowest BCUT2D eigenvalue weighted by atomic mass is 10.2. The monoisotopic (exact) mass is 405 g/mol. The number of amides is 1. The van der Waals surface area contributed by atoms with Crippen molar-refractivity contribution in [3.63, 3.8) is 0 Å². The molecule has 1 atom stereocenters. The lowest BCUT2D eigenvalue weighted by Gasteiger charge is -2.07. The number of benzene rings is 2. The number of hydrogen-bond acceptors (Lipinski definition) is 7. The molecule has 30 heavy (non-hydrogen) atoms. The molecule has 0 bridgehead atoms. The van der Waals surface area contributed by atoms with Crippen molar-refractivity contribution in [2.45, 2.75) is 13.0 Å². The molecule has 1 unspecified atom stereocenters. The van der Waals surface area contributed by atoms with Gasteiger partial charge in [0, 0.05) is 5.56 Å². The van der Waals surface area contributed by atoms with Crippen molar-refractivity contribution >= 4 is 5.91 Å². The minimum Gasteiger partial charge on any atom is -0.497 e. The largest absolute Gasteiger partial charge is 0.497 e. The van der Waals surface area contributed by atoms with Crippen LogP contribution in [0.2, 0.25) is 0 Å². The number of aromatic nitrogens is 2. The van der Waals surface area contributed by atoms with Gasteiger partial charge >= 0.3 is 0 Å². The van der Waals surface area contributed by atoms with E-state index in [1.807, 2.05) is 48.5 Å². The molecule has 152 valence electrons. The van der Waals surface area contributed by atoms with Crippen LogP contribution in [0.25, 0.3) is 11.4 Å². The van der Waals surface area contributed by atoms with E-state index in [1.165, 1.54) is 6.26 Å². The Morgan fingerprint density at radius 1 is 1.00 bits per heavy atom. The molecule has 2 heterocycles. The quantitative estimate of drug-likeness (QED) is 0.479. The van der Waals surface area contributed by atoms with Crippen molar-refractivity contribution in [1.29, 1.82) is 0 Å². The van der Waals surface area contributed by atoms with Crippen LogP contribution in [0, 0.1) is 0 Å². The smallest absolute Gasteiger partial charge is 0.287 e. The summed E-state index contributed by atoms with van der Waals surface area (Å²) >= 11 is 0. The van der Waals surface area contributed by atoms with Gasteiger partial charge in [0.15, 0.2) is 5.76 Å². The lowest BCUT2D eigenvalue weighted by Crippen LogP contribution is -2.26. The van der Waals surface area contributed by atoms with Crippen LogP contribution < -0.4 is 14.8 Å². The highest BCUT2D eigenvalue weighted by atomic mass is 16.5. The number of hydrogen-bond donors (Lipinski definition) is 1. The lowest BCUT2D eigenvalue weighted by molar-refractivity contribution is 0.0904. The Kier molecular flexibility index (Phi) is 5.47. The highest BCUT2D eigenvalue weighted by Crippen LogP contribution is 2.26. The van der Waals surface area contributed by atoms with E-state index in [-0.39, 0.29) is 11.7 Å². The molecule has 1 amide bonds. The molecule has 0 saturated carbocycles. The summed E-state index contributed by atoms with van der Waals surface area (Å²) in [5, 5.41) is 6.74. The van der Waals surface area contributed by atoms with Gasteiger partial charge in [-0.25, -0.2) is 0 Å². The van der Waals surface area contributed by atoms with E-state index >= 15 is 0 Å². The van der Waals surface area contributed by atoms with Crippen molar-refractivity contribution in [1.82, 2.24) is 15.5 Å². The summed E-state index contributed by atoms with van der Waals surface area (Å²) in [7, 11) is 1.62. The molecule has 4 aromatic rings. The normalized spacial score (nSPS) is 11.7. The first-order valence-electron chi connectivity index (χ1n) is 9.22. The Bertz CT molecular complexity index is 1100. The van der Waals surface area contributed by atoms with Crippen molar-refractivity contribution in [3.05, 3.63) is 78.6 Å². The van der Waals surface area contributed by atoms with Crippen LogP contribution in [0.3, 0.4) is 0 Å². The molecule has 2 aromatic carbocycles. The Labute approximate surface area is 172 Å². The molecule has 1 N–H and O–H groups in total. The standard InChI is InChI=1S/C22H19N3O5/c1-14(23-21(26)19-4-3-13-28-19)22-24-20(25-30-22)15-5-7-17(8-6-15)29-18-11-9-16(27-2)10-12-18/h3-14H,1-2H3,(H,23,26). The fourth-order valence-electron chi connectivity index (χ4n) is 2.72. The van der Waals surface area contributed by atoms with Gasteiger partial charge < -0.3 is 23.7 Å². The van der Waals surface area contributed by atoms with Crippen LogP contribution in [0.4, 0.5) is 0 Å². The molecule has 4 rings (SSSR count). The van der Waals surface area contributed by atoms with Gasteiger partial charge in [-0.1, -0.05) is 5.16 Å². The number of carbonyl (C=O) groups is 1. The van der Waals surface area contributed by atoms with Crippen LogP contribution in [-0.4, -0.2) is 23.2 Å². The van der Waals surface area contributed by atoms with Crippen molar-refractivity contribution < 1.29 is 23.2 Å². The summed E-state index contributed by atoms with van der Waals surface area (Å²) in [6, 6.07) is 17.4. The van der Waals surface area contributed by atoms with Crippen LogP contribution >= 0.6 is 0 Å². The van der Waals surface area contributed by atoms with Crippen LogP contribution in [0.15, 0.2) is 75.9 Å². The SMILES string of the molecule is COc1ccc(Oc2ccc(-c3noc(C(C)NC(=O)c4ccco4)n3)cc2)cc1. The first-order chi connectivity index (χ1) is 14.6. The maximum absolute atomic E-state index is 12.1. The molecular formula is C22H19N3O5. The van der Waals surface area contributed by atoms with E-state index in [9.17, 15) is 4.79 Å². The number of nitrogens with zero attached hydrogens (tertiary/aromatic N) is 2. The summed E-state index contributed by atoms with van der Waals surface area (Å²) in [6.45, 7) is 1.75. The number of nitrogens with one attached hydrogen (secondary N) is 1. The van der Waals surface area contributed by atoms with E-state index < -0.39 is 6.04 Å². The predicted molar refractivity (Wildman–Crippen MR) is 107 cm³/mol. The van der Waals surface area contributed by atoms with Crippen molar-refractivity contribution in [2.75, 3.05) is 7.11 Å². The van der Waals surface area contributed by atoms with Gasteiger partial charge in [-0.15, -0.1) is 0 Å². The van der Waals surface area contributed by atoms with E-state index in [0.29, 0.717) is 23.2 Å².